The van der Waals surface area contributed by atoms with Gasteiger partial charge in [-0.1, -0.05) is 37.3 Å². The molecule has 1 amide bonds. The third-order valence-corrected chi connectivity index (χ3v) is 4.99. The summed E-state index contributed by atoms with van der Waals surface area (Å²) in [5.41, 5.74) is 2.10. The minimum absolute atomic E-state index is 0.0397. The number of rotatable bonds is 5. The molecule has 0 unspecified atom stereocenters. The second-order valence-corrected chi connectivity index (χ2v) is 6.63. The molecule has 5 heteroatoms. The Morgan fingerprint density at radius 2 is 2.00 bits per heavy atom. The average Bonchev–Trinajstić information content (AvgIpc) is 3.17. The number of benzene rings is 1. The van der Waals surface area contributed by atoms with Crippen LogP contribution in [0, 0.1) is 0 Å². The molecule has 116 valence electrons. The van der Waals surface area contributed by atoms with Crippen LogP contribution in [0.1, 0.15) is 24.6 Å². The number of anilines is 1. The van der Waals surface area contributed by atoms with E-state index in [-0.39, 0.29) is 5.91 Å². The van der Waals surface area contributed by atoms with Crippen LogP contribution in [-0.4, -0.2) is 35.4 Å². The van der Waals surface area contributed by atoms with Crippen molar-refractivity contribution < 1.29 is 4.79 Å². The Morgan fingerprint density at radius 1 is 1.27 bits per heavy atom. The number of aryl methyl sites for hydroxylation is 1. The lowest BCUT2D eigenvalue weighted by atomic mass is 10.1. The molecule has 2 aromatic rings. The normalized spacial score (nSPS) is 15.1. The first-order valence-corrected chi connectivity index (χ1v) is 8.65. The van der Waals surface area contributed by atoms with Gasteiger partial charge in [-0.3, -0.25) is 9.69 Å². The summed E-state index contributed by atoms with van der Waals surface area (Å²) in [6.45, 7) is 4.65. The summed E-state index contributed by atoms with van der Waals surface area (Å²) in [6.07, 6.45) is 3.31. The van der Waals surface area contributed by atoms with Crippen LogP contribution in [0.25, 0.3) is 11.3 Å². The van der Waals surface area contributed by atoms with Crippen molar-refractivity contribution in [3.8, 4) is 11.3 Å². The Morgan fingerprint density at radius 3 is 2.68 bits per heavy atom. The minimum atomic E-state index is 0.0397. The van der Waals surface area contributed by atoms with Crippen LogP contribution < -0.4 is 5.32 Å². The van der Waals surface area contributed by atoms with E-state index in [4.69, 9.17) is 0 Å². The highest BCUT2D eigenvalue weighted by Gasteiger charge is 2.17. The van der Waals surface area contributed by atoms with Gasteiger partial charge in [0.2, 0.25) is 5.91 Å². The van der Waals surface area contributed by atoms with E-state index in [2.05, 4.69) is 34.3 Å². The van der Waals surface area contributed by atoms with Gasteiger partial charge in [-0.05, 0) is 32.4 Å². The van der Waals surface area contributed by atoms with E-state index in [1.165, 1.54) is 17.7 Å². The van der Waals surface area contributed by atoms with E-state index in [1.54, 1.807) is 11.3 Å². The van der Waals surface area contributed by atoms with Crippen LogP contribution in [0.2, 0.25) is 0 Å². The molecule has 0 spiro atoms. The van der Waals surface area contributed by atoms with Gasteiger partial charge in [-0.15, -0.1) is 11.3 Å². The molecule has 0 bridgehead atoms. The van der Waals surface area contributed by atoms with Crippen molar-refractivity contribution in [1.29, 1.82) is 0 Å². The molecule has 3 rings (SSSR count). The number of nitrogens with one attached hydrogen (secondary N) is 1. The SMILES string of the molecule is CCc1sc(NC(=O)CN2CCCC2)nc1-c1ccccc1. The summed E-state index contributed by atoms with van der Waals surface area (Å²) in [4.78, 5) is 20.2. The largest absolute Gasteiger partial charge is 0.301 e. The maximum Gasteiger partial charge on any atom is 0.240 e. The lowest BCUT2D eigenvalue weighted by Crippen LogP contribution is -2.30. The fourth-order valence-electron chi connectivity index (χ4n) is 2.77. The number of carbonyl (C=O) groups excluding carboxylic acids is 1. The second kappa shape index (κ2) is 7.03. The highest BCUT2D eigenvalue weighted by Crippen LogP contribution is 2.31. The molecule has 2 heterocycles. The first kappa shape index (κ1) is 15.2. The molecule has 1 aliphatic heterocycles. The molecular weight excluding hydrogens is 294 g/mol. The van der Waals surface area contributed by atoms with Gasteiger partial charge in [0.15, 0.2) is 5.13 Å². The molecule has 0 aliphatic carbocycles. The predicted molar refractivity (Wildman–Crippen MR) is 91.2 cm³/mol. The average molecular weight is 315 g/mol. The smallest absolute Gasteiger partial charge is 0.240 e. The number of thiazole rings is 1. The summed E-state index contributed by atoms with van der Waals surface area (Å²) in [5.74, 6) is 0.0397. The lowest BCUT2D eigenvalue weighted by Gasteiger charge is -2.12. The fourth-order valence-corrected chi connectivity index (χ4v) is 3.71. The summed E-state index contributed by atoms with van der Waals surface area (Å²) in [5, 5.41) is 3.67. The van der Waals surface area contributed by atoms with Crippen molar-refractivity contribution in [2.24, 2.45) is 0 Å². The van der Waals surface area contributed by atoms with Crippen LogP contribution in [0.4, 0.5) is 5.13 Å². The van der Waals surface area contributed by atoms with E-state index in [0.717, 1.165) is 30.8 Å². The molecular formula is C17H21N3OS. The second-order valence-electron chi connectivity index (χ2n) is 5.54. The minimum Gasteiger partial charge on any atom is -0.301 e. The Balaban J connectivity index is 1.72. The molecule has 4 nitrogen and oxygen atoms in total. The van der Waals surface area contributed by atoms with Crippen molar-refractivity contribution in [2.75, 3.05) is 25.0 Å². The Kier molecular flexibility index (Phi) is 4.85. The van der Waals surface area contributed by atoms with Gasteiger partial charge < -0.3 is 5.32 Å². The zero-order valence-electron chi connectivity index (χ0n) is 12.8. The monoisotopic (exact) mass is 315 g/mol. The molecule has 1 aromatic heterocycles. The third-order valence-electron chi connectivity index (χ3n) is 3.88. The van der Waals surface area contributed by atoms with Gasteiger partial charge in [-0.25, -0.2) is 4.98 Å². The number of aromatic nitrogens is 1. The Hall–Kier alpha value is -1.72. The van der Waals surface area contributed by atoms with Crippen molar-refractivity contribution in [3.63, 3.8) is 0 Å². The zero-order valence-corrected chi connectivity index (χ0v) is 13.7. The maximum atomic E-state index is 12.1. The molecule has 1 saturated heterocycles. The quantitative estimate of drug-likeness (QED) is 0.919. The van der Waals surface area contributed by atoms with Crippen LogP contribution >= 0.6 is 11.3 Å². The van der Waals surface area contributed by atoms with Crippen LogP contribution in [-0.2, 0) is 11.2 Å². The molecule has 22 heavy (non-hydrogen) atoms. The first-order chi connectivity index (χ1) is 10.8. The lowest BCUT2D eigenvalue weighted by molar-refractivity contribution is -0.117. The van der Waals surface area contributed by atoms with Crippen molar-refractivity contribution in [1.82, 2.24) is 9.88 Å². The molecule has 0 radical (unpaired) electrons. The summed E-state index contributed by atoms with van der Waals surface area (Å²) in [7, 11) is 0. The van der Waals surface area contributed by atoms with Gasteiger partial charge in [0.05, 0.1) is 12.2 Å². The summed E-state index contributed by atoms with van der Waals surface area (Å²) < 4.78 is 0. The zero-order chi connectivity index (χ0) is 15.4. The number of hydrogen-bond donors (Lipinski definition) is 1. The van der Waals surface area contributed by atoms with Crippen LogP contribution in [0.5, 0.6) is 0 Å². The van der Waals surface area contributed by atoms with E-state index >= 15 is 0 Å². The van der Waals surface area contributed by atoms with Crippen LogP contribution in [0.15, 0.2) is 30.3 Å². The number of likely N-dealkylation sites (tertiary alicyclic amines) is 1. The molecule has 1 aromatic carbocycles. The van der Waals surface area contributed by atoms with Crippen LogP contribution in [0.3, 0.4) is 0 Å². The van der Waals surface area contributed by atoms with Crippen molar-refractivity contribution in [3.05, 3.63) is 35.2 Å². The van der Waals surface area contributed by atoms with Gasteiger partial charge in [0.25, 0.3) is 0 Å². The van der Waals surface area contributed by atoms with Gasteiger partial charge >= 0.3 is 0 Å². The molecule has 0 atom stereocenters. The van der Waals surface area contributed by atoms with E-state index < -0.39 is 0 Å². The number of hydrogen-bond acceptors (Lipinski definition) is 4. The maximum absolute atomic E-state index is 12.1. The topological polar surface area (TPSA) is 45.2 Å². The molecule has 1 N–H and O–H groups in total. The van der Waals surface area contributed by atoms with E-state index in [9.17, 15) is 4.79 Å². The Labute approximate surface area is 135 Å². The first-order valence-electron chi connectivity index (χ1n) is 7.83. The highest BCUT2D eigenvalue weighted by molar-refractivity contribution is 7.16. The van der Waals surface area contributed by atoms with Gasteiger partial charge in [0.1, 0.15) is 0 Å². The summed E-state index contributed by atoms with van der Waals surface area (Å²) >= 11 is 1.58. The van der Waals surface area contributed by atoms with Gasteiger partial charge in [-0.2, -0.15) is 0 Å². The van der Waals surface area contributed by atoms with Crippen molar-refractivity contribution in [2.45, 2.75) is 26.2 Å². The van der Waals surface area contributed by atoms with E-state index in [1.807, 2.05) is 18.2 Å². The highest BCUT2D eigenvalue weighted by atomic mass is 32.1. The van der Waals surface area contributed by atoms with E-state index in [0.29, 0.717) is 11.7 Å². The third kappa shape index (κ3) is 3.54. The number of carbonyl (C=O) groups is 1. The van der Waals surface area contributed by atoms with Gasteiger partial charge in [0, 0.05) is 10.4 Å². The number of amides is 1. The fraction of sp³-hybridized carbons (Fsp3) is 0.412. The van der Waals surface area contributed by atoms with Crippen molar-refractivity contribution >= 4 is 22.4 Å². The molecule has 1 aliphatic rings. The Bertz CT molecular complexity index is 633. The summed E-state index contributed by atoms with van der Waals surface area (Å²) in [6, 6.07) is 10.1. The molecule has 1 fully saturated rings. The molecule has 0 saturated carbocycles. The standard InChI is InChI=1S/C17H21N3OS/c1-2-14-16(13-8-4-3-5-9-13)19-17(22-14)18-15(21)12-20-10-6-7-11-20/h3-5,8-9H,2,6-7,10-12H2,1H3,(H,18,19,21). The predicted octanol–water partition coefficient (Wildman–Crippen LogP) is 3.41. The number of nitrogens with zero attached hydrogens (tertiary/aromatic N) is 2.